The number of anilines is 2. The lowest BCUT2D eigenvalue weighted by Gasteiger charge is -2.05. The Labute approximate surface area is 119 Å². The maximum absolute atomic E-state index is 11.9. The summed E-state index contributed by atoms with van der Waals surface area (Å²) in [5, 5.41) is 5.73. The fourth-order valence-electron chi connectivity index (χ4n) is 1.41. The average molecular weight is 353 g/mol. The summed E-state index contributed by atoms with van der Waals surface area (Å²) in [6.45, 7) is 0. The topological polar surface area (TPSA) is 54.0 Å². The number of pyridine rings is 1. The van der Waals surface area contributed by atoms with Gasteiger partial charge in [-0.2, -0.15) is 0 Å². The fraction of sp³-hybridized carbons (Fsp3) is 0.0769. The normalized spacial score (nSPS) is 9.89. The standard InChI is InChI=1S/C13H12IN3O/c1-15-12-7-2-9(8-16-12)13(18)17-11-5-3-10(14)4-6-11/h2-8H,1H3,(H,15,16)(H,17,18). The summed E-state index contributed by atoms with van der Waals surface area (Å²) in [6.07, 6.45) is 1.55. The summed E-state index contributed by atoms with van der Waals surface area (Å²) in [4.78, 5) is 16.0. The average Bonchev–Trinajstić information content (AvgIpc) is 2.41. The zero-order chi connectivity index (χ0) is 13.0. The molecule has 2 N–H and O–H groups in total. The molecule has 0 aliphatic heterocycles. The quantitative estimate of drug-likeness (QED) is 0.835. The van der Waals surface area contributed by atoms with Crippen molar-refractivity contribution in [3.05, 3.63) is 51.7 Å². The molecule has 0 saturated carbocycles. The molecule has 1 heterocycles. The zero-order valence-corrected chi connectivity index (χ0v) is 11.9. The van der Waals surface area contributed by atoms with Crippen LogP contribution < -0.4 is 10.6 Å². The van der Waals surface area contributed by atoms with E-state index in [0.717, 1.165) is 15.1 Å². The molecule has 5 heteroatoms. The first-order valence-corrected chi connectivity index (χ1v) is 6.47. The molecule has 0 aliphatic rings. The molecule has 1 aromatic carbocycles. The Morgan fingerprint density at radius 2 is 1.89 bits per heavy atom. The lowest BCUT2D eigenvalue weighted by Crippen LogP contribution is -2.12. The Morgan fingerprint density at radius 3 is 2.44 bits per heavy atom. The molecular weight excluding hydrogens is 341 g/mol. The van der Waals surface area contributed by atoms with Crippen LogP contribution in [0.15, 0.2) is 42.6 Å². The van der Waals surface area contributed by atoms with Crippen LogP contribution in [0.2, 0.25) is 0 Å². The van der Waals surface area contributed by atoms with Crippen LogP contribution in [0.5, 0.6) is 0 Å². The van der Waals surface area contributed by atoms with Crippen molar-refractivity contribution >= 4 is 40.0 Å². The molecule has 0 bridgehead atoms. The van der Waals surface area contributed by atoms with E-state index in [9.17, 15) is 4.79 Å². The number of nitrogens with one attached hydrogen (secondary N) is 2. The highest BCUT2D eigenvalue weighted by Crippen LogP contribution is 2.13. The molecule has 0 saturated heterocycles. The van der Waals surface area contributed by atoms with Gasteiger partial charge >= 0.3 is 0 Å². The Kier molecular flexibility index (Phi) is 4.14. The molecule has 0 unspecified atom stereocenters. The number of hydrogen-bond acceptors (Lipinski definition) is 3. The van der Waals surface area contributed by atoms with Gasteiger partial charge in [-0.1, -0.05) is 0 Å². The van der Waals surface area contributed by atoms with E-state index in [1.54, 1.807) is 25.4 Å². The van der Waals surface area contributed by atoms with Crippen LogP contribution >= 0.6 is 22.6 Å². The smallest absolute Gasteiger partial charge is 0.257 e. The molecule has 18 heavy (non-hydrogen) atoms. The number of benzene rings is 1. The lowest BCUT2D eigenvalue weighted by molar-refractivity contribution is 0.102. The molecule has 92 valence electrons. The number of rotatable bonds is 3. The van der Waals surface area contributed by atoms with Gasteiger partial charge in [0, 0.05) is 22.5 Å². The van der Waals surface area contributed by atoms with E-state index in [2.05, 4.69) is 38.2 Å². The van der Waals surface area contributed by atoms with E-state index in [1.165, 1.54) is 0 Å². The third-order valence-corrected chi connectivity index (χ3v) is 3.10. The highest BCUT2D eigenvalue weighted by atomic mass is 127. The number of carbonyl (C=O) groups is 1. The van der Waals surface area contributed by atoms with Crippen molar-refractivity contribution in [2.75, 3.05) is 17.7 Å². The van der Waals surface area contributed by atoms with Crippen molar-refractivity contribution in [2.45, 2.75) is 0 Å². The molecule has 0 spiro atoms. The number of aromatic nitrogens is 1. The lowest BCUT2D eigenvalue weighted by atomic mass is 10.2. The van der Waals surface area contributed by atoms with E-state index < -0.39 is 0 Å². The highest BCUT2D eigenvalue weighted by molar-refractivity contribution is 14.1. The van der Waals surface area contributed by atoms with Gasteiger partial charge in [0.05, 0.1) is 5.56 Å². The van der Waals surface area contributed by atoms with Crippen LogP contribution in [0.3, 0.4) is 0 Å². The maximum Gasteiger partial charge on any atom is 0.257 e. The summed E-state index contributed by atoms with van der Waals surface area (Å²) < 4.78 is 1.13. The molecule has 4 nitrogen and oxygen atoms in total. The third kappa shape index (κ3) is 3.19. The Bertz CT molecular complexity index is 537. The van der Waals surface area contributed by atoms with Crippen LogP contribution in [0.25, 0.3) is 0 Å². The zero-order valence-electron chi connectivity index (χ0n) is 9.77. The van der Waals surface area contributed by atoms with Gasteiger partial charge in [-0.15, -0.1) is 0 Å². The summed E-state index contributed by atoms with van der Waals surface area (Å²) in [5.41, 5.74) is 1.31. The number of nitrogens with zero attached hydrogens (tertiary/aromatic N) is 1. The van der Waals surface area contributed by atoms with E-state index in [4.69, 9.17) is 0 Å². The molecule has 1 aromatic heterocycles. The van der Waals surface area contributed by atoms with Gasteiger partial charge in [-0.25, -0.2) is 4.98 Å². The predicted molar refractivity (Wildman–Crippen MR) is 80.9 cm³/mol. The minimum Gasteiger partial charge on any atom is -0.373 e. The molecule has 0 atom stereocenters. The molecular formula is C13H12IN3O. The van der Waals surface area contributed by atoms with Gasteiger partial charge in [-0.05, 0) is 59.0 Å². The molecule has 0 aliphatic carbocycles. The van der Waals surface area contributed by atoms with Crippen LogP contribution in [-0.2, 0) is 0 Å². The Hall–Kier alpha value is -1.63. The maximum atomic E-state index is 11.9. The van der Waals surface area contributed by atoms with Crippen LogP contribution in [-0.4, -0.2) is 17.9 Å². The third-order valence-electron chi connectivity index (χ3n) is 2.38. The van der Waals surface area contributed by atoms with Crippen molar-refractivity contribution in [3.63, 3.8) is 0 Å². The van der Waals surface area contributed by atoms with Gasteiger partial charge in [0.2, 0.25) is 0 Å². The van der Waals surface area contributed by atoms with E-state index in [1.807, 2.05) is 24.3 Å². The van der Waals surface area contributed by atoms with Gasteiger partial charge in [0.15, 0.2) is 0 Å². The van der Waals surface area contributed by atoms with Crippen molar-refractivity contribution in [1.29, 1.82) is 0 Å². The van der Waals surface area contributed by atoms with Crippen molar-refractivity contribution < 1.29 is 4.79 Å². The van der Waals surface area contributed by atoms with Gasteiger partial charge < -0.3 is 10.6 Å². The molecule has 2 rings (SSSR count). The Balaban J connectivity index is 2.09. The number of carbonyl (C=O) groups excluding carboxylic acids is 1. The molecule has 0 radical (unpaired) electrons. The minimum absolute atomic E-state index is 0.161. The largest absolute Gasteiger partial charge is 0.373 e. The second-order valence-corrected chi connectivity index (χ2v) is 4.89. The summed E-state index contributed by atoms with van der Waals surface area (Å²) >= 11 is 2.22. The number of halogens is 1. The second kappa shape index (κ2) is 5.81. The van der Waals surface area contributed by atoms with Crippen molar-refractivity contribution in [1.82, 2.24) is 4.98 Å². The van der Waals surface area contributed by atoms with E-state index in [-0.39, 0.29) is 5.91 Å². The predicted octanol–water partition coefficient (Wildman–Crippen LogP) is 2.98. The number of amides is 1. The molecule has 0 fully saturated rings. The summed E-state index contributed by atoms with van der Waals surface area (Å²) in [7, 11) is 1.79. The molecule has 1 amide bonds. The van der Waals surface area contributed by atoms with Gasteiger partial charge in [-0.3, -0.25) is 4.79 Å². The van der Waals surface area contributed by atoms with E-state index in [0.29, 0.717) is 5.56 Å². The summed E-state index contributed by atoms with van der Waals surface area (Å²) in [5.74, 6) is 0.576. The molecule has 2 aromatic rings. The second-order valence-electron chi connectivity index (χ2n) is 3.64. The van der Waals surface area contributed by atoms with Gasteiger partial charge in [0.1, 0.15) is 5.82 Å². The van der Waals surface area contributed by atoms with Gasteiger partial charge in [0.25, 0.3) is 5.91 Å². The number of hydrogen-bond donors (Lipinski definition) is 2. The first kappa shape index (κ1) is 12.8. The van der Waals surface area contributed by atoms with Crippen LogP contribution in [0.1, 0.15) is 10.4 Å². The van der Waals surface area contributed by atoms with Crippen molar-refractivity contribution in [2.24, 2.45) is 0 Å². The van der Waals surface area contributed by atoms with Crippen LogP contribution in [0, 0.1) is 3.57 Å². The van der Waals surface area contributed by atoms with Crippen LogP contribution in [0.4, 0.5) is 11.5 Å². The fourth-order valence-corrected chi connectivity index (χ4v) is 1.77. The Morgan fingerprint density at radius 1 is 1.17 bits per heavy atom. The SMILES string of the molecule is CNc1ccc(C(=O)Nc2ccc(I)cc2)cn1. The van der Waals surface area contributed by atoms with E-state index >= 15 is 0 Å². The highest BCUT2D eigenvalue weighted by Gasteiger charge is 2.06. The van der Waals surface area contributed by atoms with Crippen molar-refractivity contribution in [3.8, 4) is 0 Å². The first-order chi connectivity index (χ1) is 8.69. The monoisotopic (exact) mass is 353 g/mol. The first-order valence-electron chi connectivity index (χ1n) is 5.40. The summed E-state index contributed by atoms with van der Waals surface area (Å²) in [6, 6.07) is 11.1. The minimum atomic E-state index is -0.161.